The van der Waals surface area contributed by atoms with Gasteiger partial charge in [0.25, 0.3) is 0 Å². The Morgan fingerprint density at radius 3 is 2.35 bits per heavy atom. The fraction of sp³-hybridized carbons (Fsp3) is 0.250. The molecule has 4 aromatic rings. The van der Waals surface area contributed by atoms with Gasteiger partial charge in [0.15, 0.2) is 22.5 Å². The van der Waals surface area contributed by atoms with Gasteiger partial charge in [0.1, 0.15) is 0 Å². The third-order valence-corrected chi connectivity index (χ3v) is 7.49. The first-order chi connectivity index (χ1) is 18.2. The number of carbonyl (C=O) groups excluding carboxylic acids is 1. The zero-order chi connectivity index (χ0) is 25.0. The molecule has 0 bridgehead atoms. The fourth-order valence-corrected chi connectivity index (χ4v) is 5.47. The summed E-state index contributed by atoms with van der Waals surface area (Å²) in [7, 11) is 0. The predicted molar refractivity (Wildman–Crippen MR) is 142 cm³/mol. The monoisotopic (exact) mass is 513 g/mol. The minimum atomic E-state index is 0.122. The minimum Gasteiger partial charge on any atom is -0.454 e. The number of amides is 1. The van der Waals surface area contributed by atoms with Gasteiger partial charge in [0.05, 0.1) is 5.75 Å². The van der Waals surface area contributed by atoms with Gasteiger partial charge in [-0.3, -0.25) is 14.3 Å². The summed E-state index contributed by atoms with van der Waals surface area (Å²) in [6, 6.07) is 26.1. The van der Waals surface area contributed by atoms with Crippen molar-refractivity contribution in [2.45, 2.75) is 11.7 Å². The van der Waals surface area contributed by atoms with Crippen LogP contribution in [-0.4, -0.2) is 69.2 Å². The summed E-state index contributed by atoms with van der Waals surface area (Å²) in [4.78, 5) is 17.4. The second-order valence-corrected chi connectivity index (χ2v) is 9.92. The molecule has 0 radical (unpaired) electrons. The maximum Gasteiger partial charge on any atom is 0.233 e. The first-order valence-corrected chi connectivity index (χ1v) is 13.3. The molecule has 1 saturated heterocycles. The highest BCUT2D eigenvalue weighted by Crippen LogP contribution is 2.33. The topological polar surface area (TPSA) is 72.7 Å². The van der Waals surface area contributed by atoms with E-state index >= 15 is 0 Å². The summed E-state index contributed by atoms with van der Waals surface area (Å²) in [5.41, 5.74) is 3.14. The molecule has 9 heteroatoms. The van der Waals surface area contributed by atoms with Crippen LogP contribution < -0.4 is 9.47 Å². The lowest BCUT2D eigenvalue weighted by Crippen LogP contribution is -2.48. The molecule has 0 N–H and O–H groups in total. The number of piperazine rings is 1. The Morgan fingerprint density at radius 1 is 0.838 bits per heavy atom. The molecule has 3 aromatic carbocycles. The van der Waals surface area contributed by atoms with Gasteiger partial charge in [0, 0.05) is 44.0 Å². The molecule has 0 saturated carbocycles. The Bertz CT molecular complexity index is 1370. The summed E-state index contributed by atoms with van der Waals surface area (Å²) < 4.78 is 12.9. The highest BCUT2D eigenvalue weighted by molar-refractivity contribution is 7.99. The molecule has 6 rings (SSSR count). The summed E-state index contributed by atoms with van der Waals surface area (Å²) >= 11 is 1.43. The molecule has 0 spiro atoms. The van der Waals surface area contributed by atoms with Crippen molar-refractivity contribution in [2.75, 3.05) is 38.7 Å². The van der Waals surface area contributed by atoms with Gasteiger partial charge in [-0.15, -0.1) is 10.2 Å². The van der Waals surface area contributed by atoms with Gasteiger partial charge < -0.3 is 14.4 Å². The molecule has 1 amide bonds. The number of hydrogen-bond donors (Lipinski definition) is 0. The van der Waals surface area contributed by atoms with Crippen LogP contribution in [0, 0.1) is 0 Å². The lowest BCUT2D eigenvalue weighted by molar-refractivity contribution is -0.130. The van der Waals surface area contributed by atoms with E-state index in [-0.39, 0.29) is 12.7 Å². The standard InChI is InChI=1S/C28H27N5O3S/c34-26(32-15-13-31(14-16-32)18-21-11-12-24-25(17-21)36-20-35-24)19-37-28-30-29-27(22-7-3-1-4-8-22)33(28)23-9-5-2-6-10-23/h1-12,17H,13-16,18-20H2. The third-order valence-electron chi connectivity index (χ3n) is 6.57. The number of aromatic nitrogens is 3. The average Bonchev–Trinajstić information content (AvgIpc) is 3.60. The number of ether oxygens (including phenoxy) is 2. The maximum absolute atomic E-state index is 13.1. The number of hydrogen-bond acceptors (Lipinski definition) is 7. The molecule has 0 unspecified atom stereocenters. The van der Waals surface area contributed by atoms with E-state index in [0.29, 0.717) is 24.0 Å². The lowest BCUT2D eigenvalue weighted by Gasteiger charge is -2.34. The number of carbonyl (C=O) groups is 1. The number of thioether (sulfide) groups is 1. The van der Waals surface area contributed by atoms with Crippen LogP contribution in [0.15, 0.2) is 84.0 Å². The van der Waals surface area contributed by atoms with Crippen LogP contribution in [0.5, 0.6) is 11.5 Å². The van der Waals surface area contributed by atoms with Crippen LogP contribution in [0.1, 0.15) is 5.56 Å². The van der Waals surface area contributed by atoms with Crippen molar-refractivity contribution in [2.24, 2.45) is 0 Å². The van der Waals surface area contributed by atoms with E-state index in [1.54, 1.807) is 0 Å². The Hall–Kier alpha value is -3.82. The van der Waals surface area contributed by atoms with Crippen molar-refractivity contribution in [3.63, 3.8) is 0 Å². The van der Waals surface area contributed by atoms with Crippen molar-refractivity contribution in [1.29, 1.82) is 0 Å². The Balaban J connectivity index is 1.08. The number of benzene rings is 3. The molecular formula is C28H27N5O3S. The van der Waals surface area contributed by atoms with E-state index in [4.69, 9.17) is 9.47 Å². The summed E-state index contributed by atoms with van der Waals surface area (Å²) in [6.07, 6.45) is 0. The Kier molecular flexibility index (Phi) is 6.79. The Labute approximate surface area is 219 Å². The van der Waals surface area contributed by atoms with Crippen LogP contribution in [-0.2, 0) is 11.3 Å². The Morgan fingerprint density at radius 2 is 1.57 bits per heavy atom. The van der Waals surface area contributed by atoms with E-state index < -0.39 is 0 Å². The van der Waals surface area contributed by atoms with Gasteiger partial charge in [-0.25, -0.2) is 0 Å². The highest BCUT2D eigenvalue weighted by Gasteiger charge is 2.23. The third kappa shape index (κ3) is 5.19. The summed E-state index contributed by atoms with van der Waals surface area (Å²) in [5.74, 6) is 2.82. The second-order valence-electron chi connectivity index (χ2n) is 8.98. The molecule has 1 fully saturated rings. The average molecular weight is 514 g/mol. The van der Waals surface area contributed by atoms with Crippen molar-refractivity contribution in [3.8, 4) is 28.6 Å². The molecule has 2 aliphatic rings. The molecule has 0 aliphatic carbocycles. The van der Waals surface area contributed by atoms with Crippen molar-refractivity contribution >= 4 is 17.7 Å². The van der Waals surface area contributed by atoms with Crippen LogP contribution in [0.2, 0.25) is 0 Å². The van der Waals surface area contributed by atoms with E-state index in [0.717, 1.165) is 48.2 Å². The van der Waals surface area contributed by atoms with Gasteiger partial charge in [-0.1, -0.05) is 66.4 Å². The van der Waals surface area contributed by atoms with Crippen LogP contribution in [0.4, 0.5) is 0 Å². The number of rotatable bonds is 7. The number of fused-ring (bicyclic) bond motifs is 1. The fourth-order valence-electron chi connectivity index (χ4n) is 4.62. The molecule has 8 nitrogen and oxygen atoms in total. The van der Waals surface area contributed by atoms with E-state index in [2.05, 4.69) is 21.2 Å². The highest BCUT2D eigenvalue weighted by atomic mass is 32.2. The molecule has 2 aliphatic heterocycles. The first-order valence-electron chi connectivity index (χ1n) is 12.3. The SMILES string of the molecule is O=C(CSc1nnc(-c2ccccc2)n1-c1ccccc1)N1CCN(Cc2ccc3c(c2)OCO3)CC1. The van der Waals surface area contributed by atoms with Crippen molar-refractivity contribution < 1.29 is 14.3 Å². The van der Waals surface area contributed by atoms with Gasteiger partial charge >= 0.3 is 0 Å². The zero-order valence-corrected chi connectivity index (χ0v) is 21.1. The van der Waals surface area contributed by atoms with Crippen LogP contribution >= 0.6 is 11.8 Å². The minimum absolute atomic E-state index is 0.122. The first kappa shape index (κ1) is 23.6. The van der Waals surface area contributed by atoms with Crippen LogP contribution in [0.25, 0.3) is 17.1 Å². The smallest absolute Gasteiger partial charge is 0.233 e. The molecule has 188 valence electrons. The zero-order valence-electron chi connectivity index (χ0n) is 20.3. The maximum atomic E-state index is 13.1. The molecular weight excluding hydrogens is 486 g/mol. The summed E-state index contributed by atoms with van der Waals surface area (Å²) in [6.45, 7) is 4.21. The molecule has 0 atom stereocenters. The number of para-hydroxylation sites is 1. The molecule has 3 heterocycles. The van der Waals surface area contributed by atoms with E-state index in [9.17, 15) is 4.79 Å². The van der Waals surface area contributed by atoms with Gasteiger partial charge in [-0.05, 0) is 29.8 Å². The van der Waals surface area contributed by atoms with E-state index in [1.807, 2.05) is 82.3 Å². The molecule has 37 heavy (non-hydrogen) atoms. The van der Waals surface area contributed by atoms with E-state index in [1.165, 1.54) is 17.3 Å². The second kappa shape index (κ2) is 10.7. The van der Waals surface area contributed by atoms with Gasteiger partial charge in [0.2, 0.25) is 12.7 Å². The molecule has 1 aromatic heterocycles. The number of nitrogens with zero attached hydrogens (tertiary/aromatic N) is 5. The predicted octanol–water partition coefficient (Wildman–Crippen LogP) is 4.10. The largest absolute Gasteiger partial charge is 0.454 e. The normalized spacial score (nSPS) is 15.2. The van der Waals surface area contributed by atoms with Crippen molar-refractivity contribution in [3.05, 3.63) is 84.4 Å². The quantitative estimate of drug-likeness (QED) is 0.345. The van der Waals surface area contributed by atoms with Gasteiger partial charge in [-0.2, -0.15) is 0 Å². The summed E-state index contributed by atoms with van der Waals surface area (Å²) in [5, 5.41) is 9.62. The van der Waals surface area contributed by atoms with Crippen molar-refractivity contribution in [1.82, 2.24) is 24.6 Å². The van der Waals surface area contributed by atoms with Crippen LogP contribution in [0.3, 0.4) is 0 Å². The lowest BCUT2D eigenvalue weighted by atomic mass is 10.1.